The van der Waals surface area contributed by atoms with Gasteiger partial charge in [0.25, 0.3) is 0 Å². The van der Waals surface area contributed by atoms with Gasteiger partial charge in [0.15, 0.2) is 0 Å². The van der Waals surface area contributed by atoms with E-state index in [9.17, 15) is 4.79 Å². The van der Waals surface area contributed by atoms with Gasteiger partial charge < -0.3 is 0 Å². The highest BCUT2D eigenvalue weighted by Gasteiger charge is 2.18. The van der Waals surface area contributed by atoms with Gasteiger partial charge in [-0.3, -0.25) is 4.79 Å². The summed E-state index contributed by atoms with van der Waals surface area (Å²) in [6.07, 6.45) is 0.647. The summed E-state index contributed by atoms with van der Waals surface area (Å²) < 4.78 is 0. The van der Waals surface area contributed by atoms with E-state index in [0.717, 1.165) is 11.1 Å². The first kappa shape index (κ1) is 12.8. The smallest absolute Gasteiger partial charge is 0.229 e. The summed E-state index contributed by atoms with van der Waals surface area (Å²) in [6.45, 7) is 2.05. The number of carbonyl (C=O) groups is 1. The zero-order valence-electron chi connectivity index (χ0n) is 10.3. The first-order valence-corrected chi connectivity index (χ1v) is 6.34. The minimum absolute atomic E-state index is 0.269. The fraction of sp³-hybridized carbons (Fsp3) is 0.188. The quantitative estimate of drug-likeness (QED) is 0.755. The van der Waals surface area contributed by atoms with E-state index in [4.69, 9.17) is 11.6 Å². The third kappa shape index (κ3) is 3.21. The summed E-state index contributed by atoms with van der Waals surface area (Å²) in [5.74, 6) is -0.269. The van der Waals surface area contributed by atoms with E-state index in [0.29, 0.717) is 6.42 Å². The van der Waals surface area contributed by atoms with Crippen LogP contribution in [0.4, 0.5) is 0 Å². The Balaban J connectivity index is 2.25. The Labute approximate surface area is 112 Å². The van der Waals surface area contributed by atoms with Crippen molar-refractivity contribution in [3.63, 3.8) is 0 Å². The van der Waals surface area contributed by atoms with E-state index in [2.05, 4.69) is 6.07 Å². The minimum atomic E-state index is -0.303. The van der Waals surface area contributed by atoms with E-state index >= 15 is 0 Å². The predicted octanol–water partition coefficient (Wildman–Crippen LogP) is 4.09. The van der Waals surface area contributed by atoms with Crippen LogP contribution in [0.25, 0.3) is 0 Å². The Morgan fingerprint density at radius 3 is 2.44 bits per heavy atom. The molecular formula is C16H15ClO. The van der Waals surface area contributed by atoms with Crippen LogP contribution in [0.2, 0.25) is 0 Å². The van der Waals surface area contributed by atoms with Crippen LogP contribution in [-0.2, 0) is 11.2 Å². The van der Waals surface area contributed by atoms with Gasteiger partial charge in [0.05, 0.1) is 5.92 Å². The fourth-order valence-corrected chi connectivity index (χ4v) is 2.29. The summed E-state index contributed by atoms with van der Waals surface area (Å²) in [6, 6.07) is 17.9. The summed E-state index contributed by atoms with van der Waals surface area (Å²) in [5, 5.41) is -0.303. The maximum absolute atomic E-state index is 11.6. The molecule has 18 heavy (non-hydrogen) atoms. The molecule has 0 bridgehead atoms. The molecule has 0 aliphatic heterocycles. The standard InChI is InChI=1S/C16H15ClO/c1-12-6-5-7-13(10-12)11-15(16(17)18)14-8-3-2-4-9-14/h2-10,15H,11H2,1H3. The molecule has 2 heteroatoms. The third-order valence-corrected chi connectivity index (χ3v) is 3.26. The lowest BCUT2D eigenvalue weighted by Gasteiger charge is -2.13. The zero-order chi connectivity index (χ0) is 13.0. The van der Waals surface area contributed by atoms with Crippen LogP contribution < -0.4 is 0 Å². The molecule has 0 aromatic heterocycles. The van der Waals surface area contributed by atoms with E-state index in [-0.39, 0.29) is 11.2 Å². The van der Waals surface area contributed by atoms with Gasteiger partial charge in [0.1, 0.15) is 0 Å². The van der Waals surface area contributed by atoms with Crippen LogP contribution in [0.15, 0.2) is 54.6 Å². The van der Waals surface area contributed by atoms with E-state index in [1.165, 1.54) is 5.56 Å². The van der Waals surface area contributed by atoms with Crippen molar-refractivity contribution in [1.82, 2.24) is 0 Å². The maximum atomic E-state index is 11.6. The number of halogens is 1. The topological polar surface area (TPSA) is 17.1 Å². The average Bonchev–Trinajstić information content (AvgIpc) is 2.37. The number of hydrogen-bond donors (Lipinski definition) is 0. The lowest BCUT2D eigenvalue weighted by atomic mass is 9.92. The Morgan fingerprint density at radius 2 is 1.83 bits per heavy atom. The van der Waals surface area contributed by atoms with Gasteiger partial charge in [0, 0.05) is 0 Å². The summed E-state index contributed by atoms with van der Waals surface area (Å²) in [5.41, 5.74) is 3.30. The van der Waals surface area contributed by atoms with Crippen molar-refractivity contribution in [1.29, 1.82) is 0 Å². The number of hydrogen-bond acceptors (Lipinski definition) is 1. The summed E-state index contributed by atoms with van der Waals surface area (Å²) in [4.78, 5) is 11.6. The molecule has 0 fully saturated rings. The van der Waals surface area contributed by atoms with Gasteiger partial charge in [-0.25, -0.2) is 0 Å². The van der Waals surface area contributed by atoms with Crippen molar-refractivity contribution in [3.8, 4) is 0 Å². The predicted molar refractivity (Wildman–Crippen MR) is 74.9 cm³/mol. The molecule has 0 aliphatic rings. The molecule has 0 aliphatic carbocycles. The molecule has 0 amide bonds. The fourth-order valence-electron chi connectivity index (χ4n) is 2.09. The molecule has 0 N–H and O–H groups in total. The molecule has 92 valence electrons. The Morgan fingerprint density at radius 1 is 1.11 bits per heavy atom. The molecule has 0 heterocycles. The van der Waals surface area contributed by atoms with Crippen molar-refractivity contribution in [2.24, 2.45) is 0 Å². The highest BCUT2D eigenvalue weighted by molar-refractivity contribution is 6.64. The lowest BCUT2D eigenvalue weighted by molar-refractivity contribution is -0.113. The van der Waals surface area contributed by atoms with E-state index in [1.807, 2.05) is 55.5 Å². The molecule has 0 spiro atoms. The van der Waals surface area contributed by atoms with Gasteiger partial charge in [-0.1, -0.05) is 60.2 Å². The highest BCUT2D eigenvalue weighted by Crippen LogP contribution is 2.23. The molecular weight excluding hydrogens is 244 g/mol. The van der Waals surface area contributed by atoms with Crippen molar-refractivity contribution < 1.29 is 4.79 Å². The van der Waals surface area contributed by atoms with Crippen molar-refractivity contribution in [2.75, 3.05) is 0 Å². The Bertz CT molecular complexity index is 534. The maximum Gasteiger partial charge on any atom is 0.229 e. The van der Waals surface area contributed by atoms with Crippen molar-refractivity contribution >= 4 is 16.8 Å². The lowest BCUT2D eigenvalue weighted by Crippen LogP contribution is -2.10. The first-order valence-electron chi connectivity index (χ1n) is 5.96. The van der Waals surface area contributed by atoms with E-state index < -0.39 is 0 Å². The monoisotopic (exact) mass is 258 g/mol. The number of aryl methyl sites for hydroxylation is 1. The molecule has 1 atom stereocenters. The molecule has 0 radical (unpaired) electrons. The number of rotatable bonds is 4. The van der Waals surface area contributed by atoms with Crippen LogP contribution in [0.3, 0.4) is 0 Å². The zero-order valence-corrected chi connectivity index (χ0v) is 11.0. The molecule has 2 aromatic carbocycles. The molecule has 0 saturated carbocycles. The van der Waals surface area contributed by atoms with Crippen LogP contribution in [-0.4, -0.2) is 5.24 Å². The van der Waals surface area contributed by atoms with Gasteiger partial charge in [-0.2, -0.15) is 0 Å². The van der Waals surface area contributed by atoms with Crippen LogP contribution in [0.1, 0.15) is 22.6 Å². The second kappa shape index (κ2) is 5.83. The van der Waals surface area contributed by atoms with Crippen LogP contribution >= 0.6 is 11.6 Å². The van der Waals surface area contributed by atoms with E-state index in [1.54, 1.807) is 0 Å². The Hall–Kier alpha value is -1.60. The van der Waals surface area contributed by atoms with Gasteiger partial charge in [-0.15, -0.1) is 0 Å². The minimum Gasteiger partial charge on any atom is -0.281 e. The number of benzene rings is 2. The molecule has 1 nitrogen and oxygen atoms in total. The van der Waals surface area contributed by atoms with Gasteiger partial charge in [0.2, 0.25) is 5.24 Å². The van der Waals surface area contributed by atoms with Gasteiger partial charge in [-0.05, 0) is 36.1 Å². The molecule has 1 unspecified atom stereocenters. The molecule has 2 rings (SSSR count). The number of carbonyl (C=O) groups excluding carboxylic acids is 1. The van der Waals surface area contributed by atoms with Crippen LogP contribution in [0, 0.1) is 6.92 Å². The second-order valence-electron chi connectivity index (χ2n) is 4.46. The first-order chi connectivity index (χ1) is 8.66. The van der Waals surface area contributed by atoms with Crippen molar-refractivity contribution in [2.45, 2.75) is 19.3 Å². The van der Waals surface area contributed by atoms with Crippen molar-refractivity contribution in [3.05, 3.63) is 71.3 Å². The Kier molecular flexibility index (Phi) is 4.16. The molecule has 2 aromatic rings. The van der Waals surface area contributed by atoms with Gasteiger partial charge >= 0.3 is 0 Å². The normalized spacial score (nSPS) is 12.1. The highest BCUT2D eigenvalue weighted by atomic mass is 35.5. The summed E-state index contributed by atoms with van der Waals surface area (Å²) in [7, 11) is 0. The average molecular weight is 259 g/mol. The summed E-state index contributed by atoms with van der Waals surface area (Å²) >= 11 is 5.73. The van der Waals surface area contributed by atoms with Crippen LogP contribution in [0.5, 0.6) is 0 Å². The molecule has 0 saturated heterocycles. The third-order valence-electron chi connectivity index (χ3n) is 3.00. The second-order valence-corrected chi connectivity index (χ2v) is 4.83. The SMILES string of the molecule is Cc1cccc(CC(C(=O)Cl)c2ccccc2)c1. The largest absolute Gasteiger partial charge is 0.281 e.